The second-order valence-electron chi connectivity index (χ2n) is 3.96. The Balaban J connectivity index is 3.32. The lowest BCUT2D eigenvalue weighted by Gasteiger charge is -2.23. The first-order valence-electron chi connectivity index (χ1n) is 5.88. The fourth-order valence-electron chi connectivity index (χ4n) is 1.82. The van der Waals surface area contributed by atoms with E-state index in [-0.39, 0.29) is 11.3 Å². The summed E-state index contributed by atoms with van der Waals surface area (Å²) < 4.78 is 4.96. The van der Waals surface area contributed by atoms with Crippen LogP contribution in [-0.2, 0) is 4.74 Å². The second-order valence-corrected chi connectivity index (χ2v) is 3.96. The van der Waals surface area contributed by atoms with Crippen LogP contribution < -0.4 is 4.90 Å². The molecule has 0 radical (unpaired) electrons. The number of nitrogens with zero attached hydrogens (tertiary/aromatic N) is 2. The molecular formula is C13H16N2O5. The molecule has 7 heteroatoms. The van der Waals surface area contributed by atoms with Crippen LogP contribution in [0.3, 0.4) is 0 Å². The van der Waals surface area contributed by atoms with Gasteiger partial charge in [-0.15, -0.1) is 6.58 Å². The predicted octanol–water partition coefficient (Wildman–Crippen LogP) is 1.93. The van der Waals surface area contributed by atoms with Crippen LogP contribution in [0.1, 0.15) is 10.4 Å². The summed E-state index contributed by atoms with van der Waals surface area (Å²) in [5.41, 5.74) is -0.510. The first kappa shape index (κ1) is 15.6. The van der Waals surface area contributed by atoms with Crippen molar-refractivity contribution in [2.75, 3.05) is 31.7 Å². The number of nitro groups is 1. The molecule has 0 amide bonds. The van der Waals surface area contributed by atoms with E-state index in [9.17, 15) is 14.9 Å². The van der Waals surface area contributed by atoms with E-state index in [1.807, 2.05) is 0 Å². The minimum Gasteiger partial charge on any atom is -0.477 e. The molecule has 0 aromatic heterocycles. The molecule has 0 aliphatic rings. The summed E-state index contributed by atoms with van der Waals surface area (Å²) in [4.78, 5) is 23.3. The van der Waals surface area contributed by atoms with Crippen LogP contribution in [0.4, 0.5) is 11.4 Å². The minimum absolute atomic E-state index is 0.242. The van der Waals surface area contributed by atoms with Crippen LogP contribution in [0.5, 0.6) is 0 Å². The molecule has 108 valence electrons. The van der Waals surface area contributed by atoms with Crippen LogP contribution in [0, 0.1) is 10.1 Å². The molecule has 0 unspecified atom stereocenters. The third kappa shape index (κ3) is 3.55. The van der Waals surface area contributed by atoms with Crippen molar-refractivity contribution in [1.29, 1.82) is 0 Å². The van der Waals surface area contributed by atoms with Gasteiger partial charge in [0.1, 0.15) is 11.3 Å². The Bertz CT molecular complexity index is 515. The Hall–Kier alpha value is -2.41. The molecule has 7 nitrogen and oxygen atoms in total. The molecule has 1 aromatic carbocycles. The van der Waals surface area contributed by atoms with Crippen LogP contribution in [-0.4, -0.2) is 42.8 Å². The fraction of sp³-hybridized carbons (Fsp3) is 0.308. The highest BCUT2D eigenvalue weighted by Crippen LogP contribution is 2.31. The highest BCUT2D eigenvalue weighted by Gasteiger charge is 2.26. The molecule has 0 heterocycles. The summed E-state index contributed by atoms with van der Waals surface area (Å²) in [6.07, 6.45) is 1.59. The number of hydrogen-bond acceptors (Lipinski definition) is 5. The highest BCUT2D eigenvalue weighted by molar-refractivity contribution is 5.95. The Morgan fingerprint density at radius 3 is 2.80 bits per heavy atom. The average molecular weight is 280 g/mol. The number of carboxylic acid groups (broad SMARTS) is 1. The zero-order chi connectivity index (χ0) is 15.1. The summed E-state index contributed by atoms with van der Waals surface area (Å²) in [6.45, 7) is 4.71. The van der Waals surface area contributed by atoms with Crippen LogP contribution in [0.15, 0.2) is 30.9 Å². The van der Waals surface area contributed by atoms with Crippen molar-refractivity contribution >= 4 is 17.3 Å². The summed E-state index contributed by atoms with van der Waals surface area (Å²) in [7, 11) is 1.52. The number of carbonyl (C=O) groups is 1. The largest absolute Gasteiger partial charge is 0.477 e. The molecule has 0 saturated carbocycles. The van der Waals surface area contributed by atoms with Crippen molar-refractivity contribution in [1.82, 2.24) is 0 Å². The van der Waals surface area contributed by atoms with Crippen LogP contribution in [0.25, 0.3) is 0 Å². The molecule has 0 aliphatic heterocycles. The van der Waals surface area contributed by atoms with E-state index < -0.39 is 16.6 Å². The molecule has 0 fully saturated rings. The first-order chi connectivity index (χ1) is 9.52. The maximum absolute atomic E-state index is 11.2. The van der Waals surface area contributed by atoms with E-state index in [0.717, 1.165) is 0 Å². The summed E-state index contributed by atoms with van der Waals surface area (Å²) in [6, 6.07) is 4.21. The summed E-state index contributed by atoms with van der Waals surface area (Å²) >= 11 is 0. The number of carboxylic acids is 1. The predicted molar refractivity (Wildman–Crippen MR) is 74.3 cm³/mol. The molecule has 1 N–H and O–H groups in total. The van der Waals surface area contributed by atoms with Gasteiger partial charge in [0.25, 0.3) is 0 Å². The van der Waals surface area contributed by atoms with Crippen molar-refractivity contribution in [2.24, 2.45) is 0 Å². The number of benzene rings is 1. The van der Waals surface area contributed by atoms with Gasteiger partial charge in [-0.2, -0.15) is 0 Å². The quantitative estimate of drug-likeness (QED) is 0.444. The maximum Gasteiger partial charge on any atom is 0.342 e. The normalized spacial score (nSPS) is 10.1. The van der Waals surface area contributed by atoms with Gasteiger partial charge in [0.05, 0.1) is 11.5 Å². The van der Waals surface area contributed by atoms with Crippen LogP contribution in [0.2, 0.25) is 0 Å². The van der Waals surface area contributed by atoms with Gasteiger partial charge in [-0.1, -0.05) is 12.1 Å². The van der Waals surface area contributed by atoms with Crippen molar-refractivity contribution in [3.63, 3.8) is 0 Å². The first-order valence-corrected chi connectivity index (χ1v) is 5.88. The number of para-hydroxylation sites is 1. The molecule has 0 bridgehead atoms. The molecule has 1 rings (SSSR count). The van der Waals surface area contributed by atoms with Crippen molar-refractivity contribution in [3.05, 3.63) is 46.5 Å². The molecule has 1 aromatic rings. The van der Waals surface area contributed by atoms with E-state index in [0.29, 0.717) is 19.7 Å². The number of hydrogen-bond donors (Lipinski definition) is 1. The van der Waals surface area contributed by atoms with Gasteiger partial charge in [0, 0.05) is 20.2 Å². The third-order valence-electron chi connectivity index (χ3n) is 2.68. The third-order valence-corrected chi connectivity index (χ3v) is 2.68. The number of ether oxygens (including phenoxy) is 1. The molecule has 0 atom stereocenters. The minimum atomic E-state index is -1.33. The van der Waals surface area contributed by atoms with E-state index in [1.54, 1.807) is 11.0 Å². The van der Waals surface area contributed by atoms with Gasteiger partial charge in [0.15, 0.2) is 0 Å². The van der Waals surface area contributed by atoms with E-state index in [4.69, 9.17) is 9.84 Å². The Kier molecular flexibility index (Phi) is 5.67. The zero-order valence-corrected chi connectivity index (χ0v) is 11.1. The van der Waals surface area contributed by atoms with Gasteiger partial charge in [-0.05, 0) is 12.1 Å². The molecule has 20 heavy (non-hydrogen) atoms. The summed E-state index contributed by atoms with van der Waals surface area (Å²) in [5, 5.41) is 20.2. The average Bonchev–Trinajstić information content (AvgIpc) is 2.42. The molecule has 0 aliphatic carbocycles. The molecule has 0 spiro atoms. The number of methoxy groups -OCH3 is 1. The maximum atomic E-state index is 11.2. The molecule has 0 saturated heterocycles. The number of rotatable bonds is 8. The number of nitro benzene ring substituents is 1. The van der Waals surface area contributed by atoms with Gasteiger partial charge in [0.2, 0.25) is 0 Å². The van der Waals surface area contributed by atoms with Gasteiger partial charge in [-0.25, -0.2) is 4.79 Å². The highest BCUT2D eigenvalue weighted by atomic mass is 16.6. The van der Waals surface area contributed by atoms with Gasteiger partial charge < -0.3 is 14.7 Å². The number of anilines is 1. The lowest BCUT2D eigenvalue weighted by atomic mass is 10.1. The molecular weight excluding hydrogens is 264 g/mol. The van der Waals surface area contributed by atoms with Crippen molar-refractivity contribution in [3.8, 4) is 0 Å². The second kappa shape index (κ2) is 7.25. The van der Waals surface area contributed by atoms with Crippen LogP contribution >= 0.6 is 0 Å². The zero-order valence-electron chi connectivity index (χ0n) is 11.1. The van der Waals surface area contributed by atoms with E-state index in [2.05, 4.69) is 6.58 Å². The van der Waals surface area contributed by atoms with E-state index in [1.165, 1.54) is 25.3 Å². The SMILES string of the molecule is C=CCN(CCOC)c1cccc(C(=O)O)c1[N+](=O)[O-]. The standard InChI is InChI=1S/C13H16N2O5/c1-3-7-14(8-9-20-2)11-6-4-5-10(13(16)17)12(11)15(18)19/h3-6H,1,7-9H2,2H3,(H,16,17). The monoisotopic (exact) mass is 280 g/mol. The number of aromatic carboxylic acids is 1. The fourth-order valence-corrected chi connectivity index (χ4v) is 1.82. The Morgan fingerprint density at radius 1 is 1.60 bits per heavy atom. The van der Waals surface area contributed by atoms with Gasteiger partial charge >= 0.3 is 11.7 Å². The van der Waals surface area contributed by atoms with Crippen molar-refractivity contribution < 1.29 is 19.6 Å². The smallest absolute Gasteiger partial charge is 0.342 e. The lowest BCUT2D eigenvalue weighted by Crippen LogP contribution is -2.28. The Morgan fingerprint density at radius 2 is 2.30 bits per heavy atom. The van der Waals surface area contributed by atoms with E-state index >= 15 is 0 Å². The lowest BCUT2D eigenvalue weighted by molar-refractivity contribution is -0.384. The van der Waals surface area contributed by atoms with Gasteiger partial charge in [-0.3, -0.25) is 10.1 Å². The van der Waals surface area contributed by atoms with Crippen molar-refractivity contribution in [2.45, 2.75) is 0 Å². The Labute approximate surface area is 116 Å². The topological polar surface area (TPSA) is 92.9 Å². The summed E-state index contributed by atoms with van der Waals surface area (Å²) in [5.74, 6) is -1.33.